The van der Waals surface area contributed by atoms with Crippen LogP contribution in [0.4, 0.5) is 0 Å². The van der Waals surface area contributed by atoms with Gasteiger partial charge in [-0.1, -0.05) is 12.1 Å². The van der Waals surface area contributed by atoms with Crippen LogP contribution in [-0.2, 0) is 0 Å². The Labute approximate surface area is 88.6 Å². The van der Waals surface area contributed by atoms with Crippen LogP contribution >= 0.6 is 0 Å². The molecule has 0 spiro atoms. The first kappa shape index (κ1) is 9.65. The molecule has 15 heavy (non-hydrogen) atoms. The molecule has 2 aromatic rings. The lowest BCUT2D eigenvalue weighted by molar-refractivity contribution is 1.44. The summed E-state index contributed by atoms with van der Waals surface area (Å²) in [5.41, 5.74) is 3.26. The highest BCUT2D eigenvalue weighted by Crippen LogP contribution is 2.17. The lowest BCUT2D eigenvalue weighted by atomic mass is 10.1. The molecule has 1 heterocycles. The molecule has 3 nitrogen and oxygen atoms in total. The fraction of sp³-hybridized carbons (Fsp3) is 0.167. The van der Waals surface area contributed by atoms with Crippen LogP contribution in [0.2, 0.25) is 0 Å². The van der Waals surface area contributed by atoms with Crippen LogP contribution in [0, 0.1) is 0 Å². The van der Waals surface area contributed by atoms with E-state index in [1.807, 2.05) is 19.2 Å². The van der Waals surface area contributed by atoms with Gasteiger partial charge in [0, 0.05) is 35.4 Å². The number of hydrogen-bond donors (Lipinski definition) is 1. The first-order valence-electron chi connectivity index (χ1n) is 4.84. The monoisotopic (exact) mass is 199 g/mol. The van der Waals surface area contributed by atoms with Crippen molar-refractivity contribution < 1.29 is 0 Å². The third kappa shape index (κ3) is 1.81. The first-order valence-corrected chi connectivity index (χ1v) is 4.84. The Balaban J connectivity index is 2.56. The third-order valence-corrected chi connectivity index (χ3v) is 2.35. The van der Waals surface area contributed by atoms with Crippen molar-refractivity contribution >= 4 is 23.0 Å². The molecule has 2 rings (SSSR count). The molecule has 0 amide bonds. The van der Waals surface area contributed by atoms with E-state index in [1.165, 1.54) is 5.39 Å². The molecule has 1 aromatic heterocycles. The standard InChI is InChI=1S/C12H13N3/c1-9(15-8-13-2)10-4-3-5-12-11(10)6-7-14-12/h3-8,14H,1-2H3. The summed E-state index contributed by atoms with van der Waals surface area (Å²) >= 11 is 0. The normalized spacial score (nSPS) is 12.8. The average molecular weight is 199 g/mol. The van der Waals surface area contributed by atoms with E-state index in [9.17, 15) is 0 Å². The van der Waals surface area contributed by atoms with Crippen molar-refractivity contribution in [1.82, 2.24) is 4.98 Å². The molecule has 0 fully saturated rings. The molecular weight excluding hydrogens is 186 g/mol. The maximum atomic E-state index is 4.25. The number of hydrogen-bond acceptors (Lipinski definition) is 1. The second-order valence-corrected chi connectivity index (χ2v) is 3.33. The van der Waals surface area contributed by atoms with Crippen LogP contribution in [0.1, 0.15) is 12.5 Å². The minimum Gasteiger partial charge on any atom is -0.361 e. The maximum Gasteiger partial charge on any atom is 0.109 e. The Kier molecular flexibility index (Phi) is 2.63. The molecule has 3 heteroatoms. The minimum atomic E-state index is 0.978. The van der Waals surface area contributed by atoms with Gasteiger partial charge in [0.25, 0.3) is 0 Å². The van der Waals surface area contributed by atoms with Gasteiger partial charge >= 0.3 is 0 Å². The predicted octanol–water partition coefficient (Wildman–Crippen LogP) is 2.64. The number of H-pyrrole nitrogens is 1. The number of nitrogens with zero attached hydrogens (tertiary/aromatic N) is 2. The fourth-order valence-electron chi connectivity index (χ4n) is 1.61. The molecule has 0 aliphatic carbocycles. The molecule has 0 unspecified atom stereocenters. The summed E-state index contributed by atoms with van der Waals surface area (Å²) in [4.78, 5) is 11.3. The van der Waals surface area contributed by atoms with E-state index >= 15 is 0 Å². The molecule has 0 radical (unpaired) electrons. The molecule has 0 saturated carbocycles. The van der Waals surface area contributed by atoms with Gasteiger partial charge in [-0.2, -0.15) is 0 Å². The largest absolute Gasteiger partial charge is 0.361 e. The second kappa shape index (κ2) is 4.09. The Hall–Kier alpha value is -1.90. The average Bonchev–Trinajstić information content (AvgIpc) is 2.73. The highest BCUT2D eigenvalue weighted by molar-refractivity contribution is 6.11. The number of nitrogens with one attached hydrogen (secondary N) is 1. The number of rotatable bonds is 2. The summed E-state index contributed by atoms with van der Waals surface area (Å²) < 4.78 is 0. The highest BCUT2D eigenvalue weighted by Gasteiger charge is 2.03. The lowest BCUT2D eigenvalue weighted by Gasteiger charge is -2.00. The van der Waals surface area contributed by atoms with Crippen molar-refractivity contribution in [3.63, 3.8) is 0 Å². The maximum absolute atomic E-state index is 4.25. The molecule has 0 aliphatic heterocycles. The minimum absolute atomic E-state index is 0.978. The molecule has 1 N–H and O–H groups in total. The van der Waals surface area contributed by atoms with Crippen LogP contribution in [0.5, 0.6) is 0 Å². The molecule has 0 aliphatic rings. The van der Waals surface area contributed by atoms with Crippen LogP contribution in [0.15, 0.2) is 40.4 Å². The summed E-state index contributed by atoms with van der Waals surface area (Å²) in [6.45, 7) is 1.99. The summed E-state index contributed by atoms with van der Waals surface area (Å²) in [7, 11) is 1.72. The van der Waals surface area contributed by atoms with Crippen LogP contribution in [0.3, 0.4) is 0 Å². The SMILES string of the molecule is CN=CN=C(C)c1cccc2[nH]ccc12. The smallest absolute Gasteiger partial charge is 0.109 e. The van der Waals surface area contributed by atoms with Gasteiger partial charge in [0.15, 0.2) is 0 Å². The quantitative estimate of drug-likeness (QED) is 0.570. The fourth-order valence-corrected chi connectivity index (χ4v) is 1.61. The zero-order valence-electron chi connectivity index (χ0n) is 8.86. The van der Waals surface area contributed by atoms with Crippen molar-refractivity contribution in [2.24, 2.45) is 9.98 Å². The highest BCUT2D eigenvalue weighted by atomic mass is 14.8. The number of benzene rings is 1. The van der Waals surface area contributed by atoms with Gasteiger partial charge in [-0.15, -0.1) is 0 Å². The predicted molar refractivity (Wildman–Crippen MR) is 64.9 cm³/mol. The topological polar surface area (TPSA) is 40.5 Å². The zero-order chi connectivity index (χ0) is 10.7. The van der Waals surface area contributed by atoms with E-state index in [2.05, 4.69) is 33.2 Å². The van der Waals surface area contributed by atoms with Crippen molar-refractivity contribution in [1.29, 1.82) is 0 Å². The molecule has 1 aromatic carbocycles. The lowest BCUT2D eigenvalue weighted by Crippen LogP contribution is -1.95. The Bertz CT molecular complexity index is 520. The molecule has 0 atom stereocenters. The Morgan fingerprint density at radius 1 is 1.33 bits per heavy atom. The van der Waals surface area contributed by atoms with Gasteiger partial charge in [-0.25, -0.2) is 4.99 Å². The molecule has 0 saturated heterocycles. The zero-order valence-corrected chi connectivity index (χ0v) is 8.86. The Morgan fingerprint density at radius 3 is 3.00 bits per heavy atom. The van der Waals surface area contributed by atoms with Crippen molar-refractivity contribution in [2.45, 2.75) is 6.92 Å². The number of fused-ring (bicyclic) bond motifs is 1. The van der Waals surface area contributed by atoms with Gasteiger partial charge < -0.3 is 4.98 Å². The van der Waals surface area contributed by atoms with Gasteiger partial charge in [-0.05, 0) is 19.1 Å². The summed E-state index contributed by atoms with van der Waals surface area (Å²) in [6, 6.07) is 8.21. The van der Waals surface area contributed by atoms with Crippen LogP contribution in [-0.4, -0.2) is 24.1 Å². The van der Waals surface area contributed by atoms with Gasteiger partial charge in [0.2, 0.25) is 0 Å². The number of aliphatic imine (C=N–C) groups is 2. The number of aromatic nitrogens is 1. The van der Waals surface area contributed by atoms with E-state index in [1.54, 1.807) is 13.4 Å². The van der Waals surface area contributed by atoms with Crippen molar-refractivity contribution in [3.8, 4) is 0 Å². The summed E-state index contributed by atoms with van der Waals surface area (Å²) in [5.74, 6) is 0. The van der Waals surface area contributed by atoms with Crippen molar-refractivity contribution in [3.05, 3.63) is 36.0 Å². The molecular formula is C12H13N3. The summed E-state index contributed by atoms with van der Waals surface area (Å²) in [6.07, 6.45) is 3.51. The van der Waals surface area contributed by atoms with Gasteiger partial charge in [-0.3, -0.25) is 4.99 Å². The van der Waals surface area contributed by atoms with E-state index in [-0.39, 0.29) is 0 Å². The van der Waals surface area contributed by atoms with E-state index in [4.69, 9.17) is 0 Å². The number of aromatic amines is 1. The second-order valence-electron chi connectivity index (χ2n) is 3.33. The molecule has 0 bridgehead atoms. The van der Waals surface area contributed by atoms with E-state index in [0.29, 0.717) is 0 Å². The van der Waals surface area contributed by atoms with Gasteiger partial charge in [0.05, 0.1) is 0 Å². The van der Waals surface area contributed by atoms with Crippen LogP contribution in [0.25, 0.3) is 10.9 Å². The first-order chi connectivity index (χ1) is 7.33. The summed E-state index contributed by atoms with van der Waals surface area (Å²) in [5, 5.41) is 1.20. The van der Waals surface area contributed by atoms with Crippen molar-refractivity contribution in [2.75, 3.05) is 7.05 Å². The van der Waals surface area contributed by atoms with E-state index in [0.717, 1.165) is 16.8 Å². The third-order valence-electron chi connectivity index (χ3n) is 2.35. The Morgan fingerprint density at radius 2 is 2.20 bits per heavy atom. The van der Waals surface area contributed by atoms with Gasteiger partial charge in [0.1, 0.15) is 6.34 Å². The van der Waals surface area contributed by atoms with Crippen LogP contribution < -0.4 is 0 Å². The molecule has 76 valence electrons. The van der Waals surface area contributed by atoms with E-state index < -0.39 is 0 Å².